The van der Waals surface area contributed by atoms with E-state index in [0.29, 0.717) is 31.9 Å². The second-order valence-corrected chi connectivity index (χ2v) is 7.15. The van der Waals surface area contributed by atoms with Crippen molar-refractivity contribution < 1.29 is 9.18 Å². The third-order valence-corrected chi connectivity index (χ3v) is 5.25. The van der Waals surface area contributed by atoms with Gasteiger partial charge < -0.3 is 10.6 Å². The molecule has 2 atom stereocenters. The van der Waals surface area contributed by atoms with Crippen molar-refractivity contribution in [2.75, 3.05) is 19.6 Å². The van der Waals surface area contributed by atoms with Gasteiger partial charge in [0.05, 0.1) is 12.7 Å². The molecule has 3 aromatic rings. The normalized spacial score (nSPS) is 18.5. The van der Waals surface area contributed by atoms with E-state index in [1.165, 1.54) is 17.7 Å². The first-order valence-corrected chi connectivity index (χ1v) is 9.33. The van der Waals surface area contributed by atoms with Crippen LogP contribution in [0.15, 0.2) is 60.8 Å². The van der Waals surface area contributed by atoms with Gasteiger partial charge in [0, 0.05) is 19.0 Å². The molecular formula is C21H23ClFN5O. The number of aromatic nitrogens is 3. The maximum absolute atomic E-state index is 13.3. The fourth-order valence-electron chi connectivity index (χ4n) is 3.81. The lowest BCUT2D eigenvalue weighted by Gasteiger charge is -2.16. The number of amides is 1. The first-order valence-electron chi connectivity index (χ1n) is 9.33. The molecule has 4 rings (SSSR count). The predicted octanol–water partition coefficient (Wildman–Crippen LogP) is 2.70. The molecule has 1 aliphatic heterocycles. The van der Waals surface area contributed by atoms with Gasteiger partial charge in [0.25, 0.3) is 5.91 Å². The van der Waals surface area contributed by atoms with Crippen LogP contribution in [0.3, 0.4) is 0 Å². The number of halogens is 2. The number of likely N-dealkylation sites (tertiary alicyclic amines) is 1. The Labute approximate surface area is 174 Å². The Morgan fingerprint density at radius 2 is 1.93 bits per heavy atom. The number of nitrogens with zero attached hydrogens (tertiary/aromatic N) is 4. The summed E-state index contributed by atoms with van der Waals surface area (Å²) < 4.78 is 14.9. The molecule has 2 N–H and O–H groups in total. The lowest BCUT2D eigenvalue weighted by molar-refractivity contribution is 0.0780. The molecular weight excluding hydrogens is 393 g/mol. The van der Waals surface area contributed by atoms with E-state index in [2.05, 4.69) is 22.4 Å². The molecule has 2 heterocycles. The molecule has 0 spiro atoms. The van der Waals surface area contributed by atoms with E-state index >= 15 is 0 Å². The van der Waals surface area contributed by atoms with Crippen LogP contribution in [0.1, 0.15) is 27.5 Å². The van der Waals surface area contributed by atoms with Crippen molar-refractivity contribution in [1.82, 2.24) is 19.9 Å². The Morgan fingerprint density at radius 3 is 2.66 bits per heavy atom. The molecule has 8 heteroatoms. The highest BCUT2D eigenvalue weighted by Gasteiger charge is 2.36. The Morgan fingerprint density at radius 1 is 1.14 bits per heavy atom. The van der Waals surface area contributed by atoms with Crippen molar-refractivity contribution >= 4 is 18.3 Å². The van der Waals surface area contributed by atoms with Crippen LogP contribution < -0.4 is 5.73 Å². The highest BCUT2D eigenvalue weighted by Crippen LogP contribution is 2.32. The van der Waals surface area contributed by atoms with E-state index in [1.807, 2.05) is 24.3 Å². The van der Waals surface area contributed by atoms with Gasteiger partial charge in [0.2, 0.25) is 0 Å². The summed E-state index contributed by atoms with van der Waals surface area (Å²) in [6.07, 6.45) is 1.61. The van der Waals surface area contributed by atoms with Crippen molar-refractivity contribution in [3.8, 4) is 0 Å². The van der Waals surface area contributed by atoms with Gasteiger partial charge in [0.1, 0.15) is 5.82 Å². The maximum Gasteiger partial charge on any atom is 0.276 e. The first-order chi connectivity index (χ1) is 13.6. The standard InChI is InChI=1S/C21H22FN5O.ClH/c22-18-8-4-5-15(9-18)11-27-14-20(24-25-27)21(28)26-12-17(10-23)19(13-26)16-6-2-1-3-7-16;/h1-9,14,17,19H,10-13,23H2;1H/t17-,19+;/m1./s1. The van der Waals surface area contributed by atoms with Gasteiger partial charge >= 0.3 is 0 Å². The molecule has 0 bridgehead atoms. The van der Waals surface area contributed by atoms with Gasteiger partial charge in [-0.2, -0.15) is 0 Å². The Hall–Kier alpha value is -2.77. The smallest absolute Gasteiger partial charge is 0.276 e. The number of benzene rings is 2. The van der Waals surface area contributed by atoms with Crippen molar-refractivity contribution in [3.05, 3.63) is 83.4 Å². The summed E-state index contributed by atoms with van der Waals surface area (Å²) in [7, 11) is 0. The average Bonchev–Trinajstić information content (AvgIpc) is 3.35. The van der Waals surface area contributed by atoms with Crippen LogP contribution in [0.2, 0.25) is 0 Å². The molecule has 6 nitrogen and oxygen atoms in total. The summed E-state index contributed by atoms with van der Waals surface area (Å²) in [6, 6.07) is 16.4. The molecule has 1 amide bonds. The molecule has 1 saturated heterocycles. The lowest BCUT2D eigenvalue weighted by Crippen LogP contribution is -2.30. The maximum atomic E-state index is 13.3. The summed E-state index contributed by atoms with van der Waals surface area (Å²) in [5, 5.41) is 8.05. The molecule has 1 aliphatic rings. The molecule has 2 aromatic carbocycles. The minimum Gasteiger partial charge on any atom is -0.336 e. The largest absolute Gasteiger partial charge is 0.336 e. The number of rotatable bonds is 5. The number of hydrogen-bond donors (Lipinski definition) is 1. The minimum atomic E-state index is -0.300. The van der Waals surface area contributed by atoms with Gasteiger partial charge in [0.15, 0.2) is 5.69 Å². The number of carbonyl (C=O) groups is 1. The van der Waals surface area contributed by atoms with E-state index in [0.717, 1.165) is 5.56 Å². The third-order valence-electron chi connectivity index (χ3n) is 5.25. The highest BCUT2D eigenvalue weighted by molar-refractivity contribution is 5.92. The summed E-state index contributed by atoms with van der Waals surface area (Å²) in [5.74, 6) is -0.0145. The zero-order valence-corrected chi connectivity index (χ0v) is 16.6. The zero-order valence-electron chi connectivity index (χ0n) is 15.8. The zero-order chi connectivity index (χ0) is 19.5. The summed E-state index contributed by atoms with van der Waals surface area (Å²) in [5.41, 5.74) is 8.22. The van der Waals surface area contributed by atoms with Gasteiger partial charge in [-0.1, -0.05) is 47.7 Å². The second-order valence-electron chi connectivity index (χ2n) is 7.15. The molecule has 0 radical (unpaired) electrons. The first kappa shape index (κ1) is 21.0. The molecule has 1 fully saturated rings. The fraction of sp³-hybridized carbons (Fsp3) is 0.286. The van der Waals surface area contributed by atoms with E-state index in [-0.39, 0.29) is 36.0 Å². The van der Waals surface area contributed by atoms with Crippen LogP contribution in [0.4, 0.5) is 4.39 Å². The minimum absolute atomic E-state index is 0. The molecule has 0 unspecified atom stereocenters. The summed E-state index contributed by atoms with van der Waals surface area (Å²) in [6.45, 7) is 2.10. The second kappa shape index (κ2) is 9.15. The SMILES string of the molecule is Cl.NC[C@@H]1CN(C(=O)c2cn(Cc3cccc(F)c3)nn2)C[C@H]1c1ccccc1. The molecule has 1 aromatic heterocycles. The monoisotopic (exact) mass is 415 g/mol. The van der Waals surface area contributed by atoms with Crippen LogP contribution in [0.5, 0.6) is 0 Å². The molecule has 29 heavy (non-hydrogen) atoms. The summed E-state index contributed by atoms with van der Waals surface area (Å²) in [4.78, 5) is 14.7. The van der Waals surface area contributed by atoms with Gasteiger partial charge in [-0.15, -0.1) is 17.5 Å². The molecule has 152 valence electrons. The van der Waals surface area contributed by atoms with Crippen molar-refractivity contribution in [2.45, 2.75) is 12.5 Å². The van der Waals surface area contributed by atoms with Crippen molar-refractivity contribution in [1.29, 1.82) is 0 Å². The van der Waals surface area contributed by atoms with Crippen LogP contribution in [0, 0.1) is 11.7 Å². The van der Waals surface area contributed by atoms with Crippen LogP contribution in [0.25, 0.3) is 0 Å². The van der Waals surface area contributed by atoms with Gasteiger partial charge in [-0.25, -0.2) is 9.07 Å². The fourth-order valence-corrected chi connectivity index (χ4v) is 3.81. The predicted molar refractivity (Wildman–Crippen MR) is 110 cm³/mol. The Bertz CT molecular complexity index is 964. The quantitative estimate of drug-likeness (QED) is 0.695. The molecule has 0 saturated carbocycles. The van der Waals surface area contributed by atoms with Crippen LogP contribution in [-0.4, -0.2) is 45.4 Å². The highest BCUT2D eigenvalue weighted by atomic mass is 35.5. The van der Waals surface area contributed by atoms with Gasteiger partial charge in [-0.05, 0) is 35.7 Å². The average molecular weight is 416 g/mol. The van der Waals surface area contributed by atoms with E-state index in [1.54, 1.807) is 21.8 Å². The number of nitrogens with two attached hydrogens (primary N) is 1. The summed E-state index contributed by atoms with van der Waals surface area (Å²) >= 11 is 0. The van der Waals surface area contributed by atoms with Crippen molar-refractivity contribution in [2.24, 2.45) is 11.7 Å². The van der Waals surface area contributed by atoms with Crippen LogP contribution in [-0.2, 0) is 6.54 Å². The topological polar surface area (TPSA) is 77.0 Å². The van der Waals surface area contributed by atoms with E-state index in [9.17, 15) is 9.18 Å². The van der Waals surface area contributed by atoms with E-state index < -0.39 is 0 Å². The third kappa shape index (κ3) is 4.63. The van der Waals surface area contributed by atoms with Gasteiger partial charge in [-0.3, -0.25) is 4.79 Å². The van der Waals surface area contributed by atoms with Crippen LogP contribution >= 0.6 is 12.4 Å². The number of hydrogen-bond acceptors (Lipinski definition) is 4. The van der Waals surface area contributed by atoms with E-state index in [4.69, 9.17) is 5.73 Å². The Kier molecular flexibility index (Phi) is 6.61. The lowest BCUT2D eigenvalue weighted by atomic mass is 9.89. The number of carbonyl (C=O) groups excluding carboxylic acids is 1. The Balaban J connectivity index is 0.00000240. The molecule has 0 aliphatic carbocycles. The van der Waals surface area contributed by atoms with Crippen molar-refractivity contribution in [3.63, 3.8) is 0 Å².